The number of likely N-dealkylation sites (N-methyl/N-ethyl adjacent to an activating group) is 1. The van der Waals surface area contributed by atoms with Crippen LogP contribution in [0, 0.1) is 5.82 Å². The number of thioether (sulfide) groups is 1. The highest BCUT2D eigenvalue weighted by atomic mass is 32.2. The van der Waals surface area contributed by atoms with Crippen molar-refractivity contribution in [2.75, 3.05) is 13.7 Å². The summed E-state index contributed by atoms with van der Waals surface area (Å²) >= 11 is 6.44. The van der Waals surface area contributed by atoms with Crippen LogP contribution in [-0.2, 0) is 4.79 Å². The molecular formula is C20H16FNO4S2. The summed E-state index contributed by atoms with van der Waals surface area (Å²) < 4.78 is 24.2. The number of thiocarbonyl (C=S) groups is 1. The minimum absolute atomic E-state index is 0.136. The molecule has 2 aromatic rings. The number of hydrogen-bond acceptors (Lipinski definition) is 6. The number of methoxy groups -OCH3 is 1. The Morgan fingerprint density at radius 1 is 1.21 bits per heavy atom. The van der Waals surface area contributed by atoms with Gasteiger partial charge in [-0.1, -0.05) is 30.0 Å². The van der Waals surface area contributed by atoms with E-state index in [1.54, 1.807) is 24.3 Å². The van der Waals surface area contributed by atoms with E-state index in [-0.39, 0.29) is 17.2 Å². The molecule has 3 rings (SSSR count). The fourth-order valence-corrected chi connectivity index (χ4v) is 3.91. The molecule has 0 atom stereocenters. The number of nitrogens with zero attached hydrogens (tertiary/aromatic N) is 1. The molecule has 0 N–H and O–H groups in total. The lowest BCUT2D eigenvalue weighted by molar-refractivity contribution is -0.121. The van der Waals surface area contributed by atoms with Gasteiger partial charge in [0.05, 0.1) is 17.6 Å². The fourth-order valence-electron chi connectivity index (χ4n) is 2.53. The number of benzene rings is 2. The van der Waals surface area contributed by atoms with E-state index < -0.39 is 11.8 Å². The van der Waals surface area contributed by atoms with Crippen molar-refractivity contribution in [3.8, 4) is 11.5 Å². The van der Waals surface area contributed by atoms with Crippen LogP contribution in [-0.4, -0.2) is 34.8 Å². The molecule has 1 fully saturated rings. The third-order valence-corrected chi connectivity index (χ3v) is 5.34. The summed E-state index contributed by atoms with van der Waals surface area (Å²) in [6.07, 6.45) is 1.71. The number of hydrogen-bond donors (Lipinski definition) is 0. The molecule has 0 radical (unpaired) electrons. The maximum Gasteiger partial charge on any atom is 0.343 e. The number of ether oxygens (including phenoxy) is 2. The summed E-state index contributed by atoms with van der Waals surface area (Å²) in [7, 11) is 1.45. The van der Waals surface area contributed by atoms with E-state index >= 15 is 0 Å². The van der Waals surface area contributed by atoms with Crippen LogP contribution in [0.2, 0.25) is 0 Å². The quantitative estimate of drug-likeness (QED) is 0.313. The summed E-state index contributed by atoms with van der Waals surface area (Å²) in [6.45, 7) is 2.38. The van der Waals surface area contributed by atoms with Gasteiger partial charge in [0.25, 0.3) is 5.91 Å². The number of carbonyl (C=O) groups is 2. The summed E-state index contributed by atoms with van der Waals surface area (Å²) in [6, 6.07) is 9.99. The molecule has 0 spiro atoms. The van der Waals surface area contributed by atoms with Gasteiger partial charge in [0.2, 0.25) is 0 Å². The first kappa shape index (κ1) is 20.0. The predicted molar refractivity (Wildman–Crippen MR) is 110 cm³/mol. The molecule has 5 nitrogen and oxygen atoms in total. The molecule has 0 saturated carbocycles. The average molecular weight is 417 g/mol. The van der Waals surface area contributed by atoms with Crippen molar-refractivity contribution >= 4 is 46.3 Å². The lowest BCUT2D eigenvalue weighted by Crippen LogP contribution is -2.27. The van der Waals surface area contributed by atoms with Gasteiger partial charge < -0.3 is 9.47 Å². The SMILES string of the molecule is CCN1C(=O)/C(=C\c2ccc(OC(=O)c3ccc(F)cc3)c(OC)c2)SC1=S. The van der Waals surface area contributed by atoms with Gasteiger partial charge in [-0.05, 0) is 55.0 Å². The van der Waals surface area contributed by atoms with Gasteiger partial charge in [-0.15, -0.1) is 0 Å². The molecule has 0 bridgehead atoms. The molecule has 1 amide bonds. The molecule has 144 valence electrons. The van der Waals surface area contributed by atoms with Crippen LogP contribution in [0.5, 0.6) is 11.5 Å². The maximum absolute atomic E-state index is 13.0. The maximum atomic E-state index is 13.0. The zero-order valence-corrected chi connectivity index (χ0v) is 16.7. The molecule has 2 aromatic carbocycles. The average Bonchev–Trinajstić information content (AvgIpc) is 2.95. The van der Waals surface area contributed by atoms with Gasteiger partial charge in [-0.3, -0.25) is 9.69 Å². The van der Waals surface area contributed by atoms with E-state index in [4.69, 9.17) is 21.7 Å². The van der Waals surface area contributed by atoms with Crippen molar-refractivity contribution in [1.82, 2.24) is 4.90 Å². The van der Waals surface area contributed by atoms with E-state index in [0.717, 1.165) is 0 Å². The highest BCUT2D eigenvalue weighted by Gasteiger charge is 2.30. The summed E-state index contributed by atoms with van der Waals surface area (Å²) in [5.41, 5.74) is 0.922. The number of halogens is 1. The molecule has 0 aromatic heterocycles. The largest absolute Gasteiger partial charge is 0.493 e. The standard InChI is InChI=1S/C20H16FNO4S2/c1-3-22-18(23)17(28-20(22)27)11-12-4-9-15(16(10-12)25-2)26-19(24)13-5-7-14(21)8-6-13/h4-11H,3H2,1-2H3/b17-11+. The Balaban J connectivity index is 1.82. The van der Waals surface area contributed by atoms with Crippen molar-refractivity contribution in [2.24, 2.45) is 0 Å². The van der Waals surface area contributed by atoms with Crippen molar-refractivity contribution in [2.45, 2.75) is 6.92 Å². The molecule has 0 unspecified atom stereocenters. The molecule has 1 heterocycles. The Labute approximate surface area is 171 Å². The molecule has 0 aliphatic carbocycles. The summed E-state index contributed by atoms with van der Waals surface area (Å²) in [4.78, 5) is 26.6. The monoisotopic (exact) mass is 417 g/mol. The van der Waals surface area contributed by atoms with Gasteiger partial charge in [0, 0.05) is 6.54 Å². The van der Waals surface area contributed by atoms with Gasteiger partial charge in [0.15, 0.2) is 11.5 Å². The first-order chi connectivity index (χ1) is 13.4. The van der Waals surface area contributed by atoms with Crippen LogP contribution in [0.15, 0.2) is 47.4 Å². The number of rotatable bonds is 5. The third kappa shape index (κ3) is 4.23. The van der Waals surface area contributed by atoms with E-state index in [0.29, 0.717) is 27.1 Å². The topological polar surface area (TPSA) is 55.8 Å². The Morgan fingerprint density at radius 3 is 2.54 bits per heavy atom. The molecule has 1 aliphatic heterocycles. The Morgan fingerprint density at radius 2 is 1.93 bits per heavy atom. The van der Waals surface area contributed by atoms with Gasteiger partial charge in [-0.25, -0.2) is 9.18 Å². The van der Waals surface area contributed by atoms with E-state index in [9.17, 15) is 14.0 Å². The van der Waals surface area contributed by atoms with Crippen molar-refractivity contribution in [1.29, 1.82) is 0 Å². The van der Waals surface area contributed by atoms with Gasteiger partial charge >= 0.3 is 5.97 Å². The van der Waals surface area contributed by atoms with E-state index in [1.165, 1.54) is 48.0 Å². The molecule has 8 heteroatoms. The fraction of sp³-hybridized carbons (Fsp3) is 0.150. The van der Waals surface area contributed by atoms with E-state index in [2.05, 4.69) is 0 Å². The molecule has 28 heavy (non-hydrogen) atoms. The Hall–Kier alpha value is -2.71. The zero-order chi connectivity index (χ0) is 20.3. The first-order valence-electron chi connectivity index (χ1n) is 8.34. The van der Waals surface area contributed by atoms with Gasteiger partial charge in [0.1, 0.15) is 10.1 Å². The zero-order valence-electron chi connectivity index (χ0n) is 15.1. The number of amides is 1. The van der Waals surface area contributed by atoms with Crippen LogP contribution in [0.4, 0.5) is 4.39 Å². The molecular weight excluding hydrogens is 401 g/mol. The number of esters is 1. The highest BCUT2D eigenvalue weighted by Crippen LogP contribution is 2.34. The highest BCUT2D eigenvalue weighted by molar-refractivity contribution is 8.26. The predicted octanol–water partition coefficient (Wildman–Crippen LogP) is 4.27. The minimum Gasteiger partial charge on any atom is -0.493 e. The summed E-state index contributed by atoms with van der Waals surface area (Å²) in [5.74, 6) is -0.657. The van der Waals surface area contributed by atoms with Crippen molar-refractivity contribution in [3.63, 3.8) is 0 Å². The number of carbonyl (C=O) groups excluding carboxylic acids is 2. The van der Waals surface area contributed by atoms with Crippen LogP contribution in [0.3, 0.4) is 0 Å². The lowest BCUT2D eigenvalue weighted by Gasteiger charge is -2.10. The van der Waals surface area contributed by atoms with Crippen LogP contribution in [0.25, 0.3) is 6.08 Å². The van der Waals surface area contributed by atoms with Gasteiger partial charge in [-0.2, -0.15) is 0 Å². The smallest absolute Gasteiger partial charge is 0.343 e. The third-order valence-electron chi connectivity index (χ3n) is 3.96. The lowest BCUT2D eigenvalue weighted by atomic mass is 10.1. The second kappa shape index (κ2) is 8.53. The Kier molecular flexibility index (Phi) is 6.11. The minimum atomic E-state index is -0.630. The second-order valence-electron chi connectivity index (χ2n) is 5.73. The van der Waals surface area contributed by atoms with Crippen LogP contribution < -0.4 is 9.47 Å². The second-order valence-corrected chi connectivity index (χ2v) is 7.41. The van der Waals surface area contributed by atoms with E-state index in [1.807, 2.05) is 6.92 Å². The van der Waals surface area contributed by atoms with Crippen LogP contribution in [0.1, 0.15) is 22.8 Å². The normalized spacial score (nSPS) is 15.2. The van der Waals surface area contributed by atoms with Crippen LogP contribution >= 0.6 is 24.0 Å². The Bertz CT molecular complexity index is 973. The molecule has 1 saturated heterocycles. The first-order valence-corrected chi connectivity index (χ1v) is 9.56. The molecule has 1 aliphatic rings. The van der Waals surface area contributed by atoms with Crippen molar-refractivity contribution in [3.05, 3.63) is 64.3 Å². The summed E-state index contributed by atoms with van der Waals surface area (Å²) in [5, 5.41) is 0. The van der Waals surface area contributed by atoms with Crippen molar-refractivity contribution < 1.29 is 23.5 Å².